The molecule has 0 spiro atoms. The van der Waals surface area contributed by atoms with Gasteiger partial charge < -0.3 is 0 Å². The van der Waals surface area contributed by atoms with E-state index in [1.165, 1.54) is 245 Å². The van der Waals surface area contributed by atoms with Gasteiger partial charge in [0.05, 0.1) is 0 Å². The van der Waals surface area contributed by atoms with Gasteiger partial charge in [-0.25, -0.2) is 0 Å². The number of hydrogen-bond acceptors (Lipinski definition) is 6. The summed E-state index contributed by atoms with van der Waals surface area (Å²) < 4.78 is 59.8. The van der Waals surface area contributed by atoms with E-state index in [1.54, 1.807) is 0 Å². The fourth-order valence-electron chi connectivity index (χ4n) is 17.7. The van der Waals surface area contributed by atoms with Gasteiger partial charge in [-0.05, 0) is 0 Å². The van der Waals surface area contributed by atoms with Crippen LogP contribution in [0.5, 0.6) is 0 Å². The van der Waals surface area contributed by atoms with Gasteiger partial charge in [-0.1, -0.05) is 105 Å². The first-order chi connectivity index (χ1) is 45.4. The van der Waals surface area contributed by atoms with E-state index in [1.807, 2.05) is 0 Å². The Bertz CT molecular complexity index is 2850. The van der Waals surface area contributed by atoms with Crippen LogP contribution in [0.1, 0.15) is 392 Å². The molecule has 5 aromatic rings. The summed E-state index contributed by atoms with van der Waals surface area (Å²) in [4.78, 5) is 7.37. The Hall–Kier alpha value is -2.08. The molecule has 10 heteroatoms. The zero-order valence-electron chi connectivity index (χ0n) is 62.0. The Labute approximate surface area is 576 Å². The molecule has 7 rings (SSSR count). The van der Waals surface area contributed by atoms with Crippen LogP contribution >= 0.6 is 0 Å². The summed E-state index contributed by atoms with van der Waals surface area (Å²) in [5, 5.41) is 19.7. The first-order valence-electron chi connectivity index (χ1n) is 40.6. The molecular weight excluding hydrogens is 1360 g/mol. The van der Waals surface area contributed by atoms with E-state index in [9.17, 15) is 0 Å². The molecule has 2 aliphatic carbocycles. The summed E-state index contributed by atoms with van der Waals surface area (Å²) >= 11 is -6.45. The van der Waals surface area contributed by atoms with Crippen LogP contribution in [0, 0.1) is 11.6 Å². The van der Waals surface area contributed by atoms with Crippen LogP contribution in [0.2, 0.25) is 28.1 Å². The Balaban J connectivity index is 1.47. The third-order valence-electron chi connectivity index (χ3n) is 23.2. The topological polar surface area (TPSA) is 77.8 Å². The van der Waals surface area contributed by atoms with Crippen molar-refractivity contribution < 1.29 is 18.0 Å². The molecule has 93 heavy (non-hydrogen) atoms. The second-order valence-electron chi connectivity index (χ2n) is 31.5. The standard InChI is InChI=1S/C68H102F2N4O2.3C4H9.3CH3.2Sn/c1-5-9-13-17-21-25-29-33-37-41-49-67(50-42-38-34-30-26-22-18-14-10-6-2)53-45-47-55-65(73-75-71-55)57(53)59-61(67)63(69)60-58-54(46-48-56-66(58)74-76-72-56)68(62(60)64(59)70,51-43-39-35-31-27-23-19-15-11-7-3)52-44-40-36-32-28-24-20-16-12-8-4;3*1-3-4-2;;;;;/h45-46H,5-44,49-52H2,1-4H3;3*1,3-4H2,2H3;3*1H3;;. The minimum absolute atomic E-state index is 0.203. The first-order valence-corrected chi connectivity index (χ1v) is 58.1. The molecule has 0 radical (unpaired) electrons. The van der Waals surface area contributed by atoms with E-state index in [0.29, 0.717) is 33.3 Å². The van der Waals surface area contributed by atoms with Gasteiger partial charge >= 0.3 is 477 Å². The molecule has 0 aliphatic heterocycles. The summed E-state index contributed by atoms with van der Waals surface area (Å²) in [5.74, 6) is -0.405. The van der Waals surface area contributed by atoms with Crippen molar-refractivity contribution in [2.45, 2.75) is 408 Å². The van der Waals surface area contributed by atoms with E-state index in [4.69, 9.17) is 29.9 Å². The zero-order valence-corrected chi connectivity index (χ0v) is 67.7. The van der Waals surface area contributed by atoms with Crippen molar-refractivity contribution in [1.82, 2.24) is 20.6 Å². The summed E-state index contributed by atoms with van der Waals surface area (Å²) in [6, 6.07) is 5.07. The number of fused-ring (bicyclic) bond motifs is 10. The van der Waals surface area contributed by atoms with Gasteiger partial charge in [0, 0.05) is 0 Å². The number of rotatable bonds is 55. The molecule has 0 unspecified atom stereocenters. The van der Waals surface area contributed by atoms with E-state index in [0.717, 1.165) is 130 Å². The quantitative estimate of drug-likeness (QED) is 0.0285. The Morgan fingerprint density at radius 2 is 0.538 bits per heavy atom. The maximum absolute atomic E-state index is 20.7. The summed E-state index contributed by atoms with van der Waals surface area (Å²) in [6.07, 6.45) is 59.5. The molecule has 0 amide bonds. The van der Waals surface area contributed by atoms with Gasteiger partial charge in [-0.3, -0.25) is 0 Å². The number of benzene rings is 3. The molecule has 0 saturated carbocycles. The van der Waals surface area contributed by atoms with Crippen molar-refractivity contribution in [3.63, 3.8) is 0 Å². The SMILES string of the molecule is CCCCCCCCCCCCC1(CCCCCCCCCCCC)c2c[c]([Sn]([CH3])([CH3])[CH3])c3nonc3c2-c2c(F)c3c(c(F)c21)-c1c(c[c]([Sn]([CH2]CCC)([CH2]CCC)[CH2]CCC)c2nonc12)C3(CCCCCCCCCCCC)CCCCCCCCCCCC. The number of nitrogens with zero attached hydrogens (tertiary/aromatic N) is 4. The molecular formula is C83H138F2N4O2Sn2. The van der Waals surface area contributed by atoms with Crippen LogP contribution < -0.4 is 7.16 Å². The Morgan fingerprint density at radius 1 is 0.301 bits per heavy atom. The second-order valence-corrected chi connectivity index (χ2v) is 59.0. The maximum atomic E-state index is 20.7. The molecule has 0 fully saturated rings. The molecule has 0 bridgehead atoms. The van der Waals surface area contributed by atoms with E-state index in [2.05, 4.69) is 75.4 Å². The predicted octanol–water partition coefficient (Wildman–Crippen LogP) is 27.4. The third kappa shape index (κ3) is 20.3. The van der Waals surface area contributed by atoms with Crippen LogP contribution in [0.4, 0.5) is 8.78 Å². The number of hydrogen-bond donors (Lipinski definition) is 0. The molecule has 2 aliphatic rings. The third-order valence-corrected chi connectivity index (χ3v) is 44.4. The van der Waals surface area contributed by atoms with Gasteiger partial charge in [-0.2, -0.15) is 0 Å². The zero-order chi connectivity index (χ0) is 66.4. The Kier molecular flexibility index (Phi) is 34.9. The summed E-state index contributed by atoms with van der Waals surface area (Å²) in [5.41, 5.74) is 7.55. The van der Waals surface area contributed by atoms with Gasteiger partial charge in [0.15, 0.2) is 0 Å². The fourth-order valence-corrected chi connectivity index (χ4v) is 38.3. The summed E-state index contributed by atoms with van der Waals surface area (Å²) in [7, 11) is 0. The normalized spacial score (nSPS) is 14.1. The van der Waals surface area contributed by atoms with Crippen LogP contribution in [0.15, 0.2) is 21.4 Å². The van der Waals surface area contributed by atoms with E-state index < -0.39 is 47.6 Å². The smallest absolute Gasteiger partial charge is 0.0654 e. The van der Waals surface area contributed by atoms with Crippen LogP contribution in [-0.2, 0) is 10.8 Å². The fraction of sp³-hybridized carbons (Fsp3) is 0.783. The van der Waals surface area contributed by atoms with Crippen molar-refractivity contribution in [3.8, 4) is 22.3 Å². The van der Waals surface area contributed by atoms with Crippen molar-refractivity contribution >= 4 is 66.0 Å². The molecule has 0 saturated heterocycles. The van der Waals surface area contributed by atoms with Gasteiger partial charge in [-0.15, -0.1) is 0 Å². The van der Waals surface area contributed by atoms with Crippen LogP contribution in [-0.4, -0.2) is 57.4 Å². The monoisotopic (exact) mass is 1500 g/mol. The van der Waals surface area contributed by atoms with Gasteiger partial charge in [0.2, 0.25) is 0 Å². The van der Waals surface area contributed by atoms with E-state index in [-0.39, 0.29) is 11.6 Å². The molecule has 0 atom stereocenters. The molecule has 2 aromatic heterocycles. The van der Waals surface area contributed by atoms with Crippen molar-refractivity contribution in [2.24, 2.45) is 0 Å². The number of unbranched alkanes of at least 4 members (excludes halogenated alkanes) is 39. The van der Waals surface area contributed by atoms with E-state index >= 15 is 8.78 Å². The molecule has 6 nitrogen and oxygen atoms in total. The van der Waals surface area contributed by atoms with Crippen LogP contribution in [0.25, 0.3) is 44.3 Å². The average Bonchev–Trinajstić information content (AvgIpc) is 1.51. The van der Waals surface area contributed by atoms with Crippen molar-refractivity contribution in [2.75, 3.05) is 0 Å². The van der Waals surface area contributed by atoms with Crippen molar-refractivity contribution in [1.29, 1.82) is 0 Å². The first kappa shape index (κ1) is 78.3. The molecule has 2 heterocycles. The minimum atomic E-state index is -3.40. The second kappa shape index (κ2) is 41.5. The molecule has 0 N–H and O–H groups in total. The van der Waals surface area contributed by atoms with Gasteiger partial charge in [0.25, 0.3) is 0 Å². The Morgan fingerprint density at radius 3 is 0.806 bits per heavy atom. The van der Waals surface area contributed by atoms with Crippen molar-refractivity contribution in [3.05, 3.63) is 46.0 Å². The molecule has 3 aromatic carbocycles. The average molecular weight is 1500 g/mol. The number of aromatic nitrogens is 4. The minimum Gasteiger partial charge on any atom is -0.0654 e. The van der Waals surface area contributed by atoms with Gasteiger partial charge in [0.1, 0.15) is 0 Å². The predicted molar refractivity (Wildman–Crippen MR) is 403 cm³/mol. The summed E-state index contributed by atoms with van der Waals surface area (Å²) in [6.45, 7) is 16.3. The molecule has 524 valence electrons. The van der Waals surface area contributed by atoms with Crippen LogP contribution in [0.3, 0.4) is 0 Å². The number of halogens is 2.